The number of anilines is 1. The summed E-state index contributed by atoms with van der Waals surface area (Å²) in [6.07, 6.45) is 0. The van der Waals surface area contributed by atoms with Crippen molar-refractivity contribution in [3.8, 4) is 5.75 Å². The molecule has 2 aromatic carbocycles. The van der Waals surface area contributed by atoms with E-state index < -0.39 is 11.9 Å². The van der Waals surface area contributed by atoms with E-state index >= 15 is 0 Å². The van der Waals surface area contributed by atoms with Crippen LogP contribution in [0.25, 0.3) is 10.1 Å². The van der Waals surface area contributed by atoms with E-state index in [0.29, 0.717) is 21.5 Å². The lowest BCUT2D eigenvalue weighted by molar-refractivity contribution is 0.0696. The highest BCUT2D eigenvalue weighted by atomic mass is 35.5. The highest BCUT2D eigenvalue weighted by molar-refractivity contribution is 7.80. The van der Waals surface area contributed by atoms with E-state index in [1.54, 1.807) is 18.2 Å². The maximum Gasteiger partial charge on any atom is 0.335 e. The van der Waals surface area contributed by atoms with Gasteiger partial charge in [0.2, 0.25) is 0 Å². The Bertz CT molecular complexity index is 1110. The van der Waals surface area contributed by atoms with Crippen LogP contribution in [0.15, 0.2) is 36.4 Å². The van der Waals surface area contributed by atoms with E-state index in [0.717, 1.165) is 10.1 Å². The van der Waals surface area contributed by atoms with E-state index in [1.807, 2.05) is 0 Å². The smallest absolute Gasteiger partial charge is 0.335 e. The predicted molar refractivity (Wildman–Crippen MR) is 115 cm³/mol. The molecule has 3 rings (SSSR count). The first kappa shape index (κ1) is 20.3. The molecule has 1 heterocycles. The van der Waals surface area contributed by atoms with Gasteiger partial charge in [0.25, 0.3) is 5.91 Å². The largest absolute Gasteiger partial charge is 0.495 e. The van der Waals surface area contributed by atoms with E-state index in [9.17, 15) is 9.59 Å². The molecule has 0 aliphatic heterocycles. The van der Waals surface area contributed by atoms with Gasteiger partial charge in [-0.1, -0.05) is 29.3 Å². The third-order valence-corrected chi connectivity index (χ3v) is 5.81. The lowest BCUT2D eigenvalue weighted by atomic mass is 10.2. The summed E-state index contributed by atoms with van der Waals surface area (Å²) in [7, 11) is 1.44. The van der Waals surface area contributed by atoms with Gasteiger partial charge in [-0.15, -0.1) is 11.3 Å². The Morgan fingerprint density at radius 2 is 1.93 bits per heavy atom. The van der Waals surface area contributed by atoms with E-state index in [4.69, 9.17) is 45.3 Å². The fourth-order valence-electron chi connectivity index (χ4n) is 2.44. The van der Waals surface area contributed by atoms with Gasteiger partial charge in [0.15, 0.2) is 5.11 Å². The van der Waals surface area contributed by atoms with Crippen molar-refractivity contribution in [1.29, 1.82) is 0 Å². The van der Waals surface area contributed by atoms with Crippen LogP contribution in [0.2, 0.25) is 10.0 Å². The molecule has 144 valence electrons. The van der Waals surface area contributed by atoms with Crippen LogP contribution in [-0.2, 0) is 0 Å². The molecular formula is C18H12Cl2N2O4S2. The van der Waals surface area contributed by atoms with Crippen molar-refractivity contribution in [1.82, 2.24) is 5.32 Å². The van der Waals surface area contributed by atoms with Gasteiger partial charge in [-0.05, 0) is 42.5 Å². The fraction of sp³-hybridized carbons (Fsp3) is 0.0556. The second-order valence-corrected chi connectivity index (χ2v) is 7.79. The van der Waals surface area contributed by atoms with Gasteiger partial charge in [0.05, 0.1) is 23.4 Å². The normalized spacial score (nSPS) is 10.5. The minimum atomic E-state index is -1.10. The number of methoxy groups -OCH3 is 1. The van der Waals surface area contributed by atoms with Crippen molar-refractivity contribution in [3.05, 3.63) is 56.9 Å². The Labute approximate surface area is 179 Å². The summed E-state index contributed by atoms with van der Waals surface area (Å²) in [6, 6.07) is 9.40. The van der Waals surface area contributed by atoms with Crippen LogP contribution in [0.1, 0.15) is 20.0 Å². The molecular weight excluding hydrogens is 443 g/mol. The van der Waals surface area contributed by atoms with Crippen molar-refractivity contribution >= 4 is 79.5 Å². The Balaban J connectivity index is 1.80. The molecule has 0 atom stereocenters. The lowest BCUT2D eigenvalue weighted by Crippen LogP contribution is -2.34. The fourth-order valence-corrected chi connectivity index (χ4v) is 4.33. The Hall–Kier alpha value is -2.39. The maximum atomic E-state index is 12.6. The Morgan fingerprint density at radius 3 is 2.61 bits per heavy atom. The standard InChI is InChI=1S/C18H12Cl2N2O4S2/c1-26-12-5-2-8(17(24)25)6-11(12)21-18(27)22-16(23)15-14(20)10-4-3-9(19)7-13(10)28-15/h2-7H,1H3,(H,24,25)(H2,21,22,23,27). The number of carboxylic acid groups (broad SMARTS) is 1. The molecule has 0 radical (unpaired) electrons. The van der Waals surface area contributed by atoms with Crippen molar-refractivity contribution in [2.24, 2.45) is 0 Å². The number of thiocarbonyl (C=S) groups is 1. The average Bonchev–Trinajstić information content (AvgIpc) is 2.97. The third kappa shape index (κ3) is 4.20. The number of thiophene rings is 1. The molecule has 1 aromatic heterocycles. The second-order valence-electron chi connectivity index (χ2n) is 5.51. The summed E-state index contributed by atoms with van der Waals surface area (Å²) in [5.74, 6) is -1.22. The maximum absolute atomic E-state index is 12.6. The Morgan fingerprint density at radius 1 is 1.18 bits per heavy atom. The number of fused-ring (bicyclic) bond motifs is 1. The van der Waals surface area contributed by atoms with Crippen LogP contribution in [0.4, 0.5) is 5.69 Å². The first-order chi connectivity index (χ1) is 13.3. The number of amides is 1. The zero-order chi connectivity index (χ0) is 20.4. The number of carboxylic acids is 1. The quantitative estimate of drug-likeness (QED) is 0.478. The molecule has 6 nitrogen and oxygen atoms in total. The molecule has 10 heteroatoms. The lowest BCUT2D eigenvalue weighted by Gasteiger charge is -2.13. The van der Waals surface area contributed by atoms with Crippen molar-refractivity contribution in [3.63, 3.8) is 0 Å². The minimum absolute atomic E-state index is 0.0302. The monoisotopic (exact) mass is 454 g/mol. The summed E-state index contributed by atoms with van der Waals surface area (Å²) in [5.41, 5.74) is 0.351. The number of rotatable bonds is 4. The van der Waals surface area contributed by atoms with Crippen molar-refractivity contribution in [2.75, 3.05) is 12.4 Å². The summed E-state index contributed by atoms with van der Waals surface area (Å²) in [4.78, 5) is 24.0. The number of carbonyl (C=O) groups is 2. The molecule has 3 aromatic rings. The van der Waals surface area contributed by atoms with Crippen LogP contribution < -0.4 is 15.4 Å². The molecule has 3 N–H and O–H groups in total. The SMILES string of the molecule is COc1ccc(C(=O)O)cc1NC(=S)NC(=O)c1sc2cc(Cl)ccc2c1Cl. The number of ether oxygens (including phenoxy) is 1. The van der Waals surface area contributed by atoms with Crippen molar-refractivity contribution < 1.29 is 19.4 Å². The van der Waals surface area contributed by atoms with Crippen LogP contribution in [-0.4, -0.2) is 29.2 Å². The van der Waals surface area contributed by atoms with Crippen LogP contribution >= 0.6 is 46.8 Å². The average molecular weight is 455 g/mol. The molecule has 0 saturated heterocycles. The number of hydrogen-bond donors (Lipinski definition) is 3. The number of nitrogens with one attached hydrogen (secondary N) is 2. The van der Waals surface area contributed by atoms with Crippen LogP contribution in [0, 0.1) is 0 Å². The molecule has 0 spiro atoms. The Kier molecular flexibility index (Phi) is 6.04. The topological polar surface area (TPSA) is 87.7 Å². The summed E-state index contributed by atoms with van der Waals surface area (Å²) in [5, 5.41) is 16.0. The highest BCUT2D eigenvalue weighted by Gasteiger charge is 2.19. The molecule has 0 aliphatic rings. The molecule has 0 saturated carbocycles. The summed E-state index contributed by atoms with van der Waals surface area (Å²) in [6.45, 7) is 0. The second kappa shape index (κ2) is 8.32. The molecule has 1 amide bonds. The number of carbonyl (C=O) groups excluding carboxylic acids is 1. The third-order valence-electron chi connectivity index (χ3n) is 3.72. The van der Waals surface area contributed by atoms with Crippen LogP contribution in [0.3, 0.4) is 0 Å². The first-order valence-electron chi connectivity index (χ1n) is 7.71. The molecule has 28 heavy (non-hydrogen) atoms. The summed E-state index contributed by atoms with van der Waals surface area (Å²) >= 11 is 18.6. The molecule has 0 aliphatic carbocycles. The number of hydrogen-bond acceptors (Lipinski definition) is 5. The zero-order valence-electron chi connectivity index (χ0n) is 14.2. The molecule has 0 unspecified atom stereocenters. The number of benzene rings is 2. The van der Waals surface area contributed by atoms with Gasteiger partial charge in [-0.25, -0.2) is 4.79 Å². The van der Waals surface area contributed by atoms with E-state index in [2.05, 4.69) is 10.6 Å². The van der Waals surface area contributed by atoms with Gasteiger partial charge in [-0.3, -0.25) is 10.1 Å². The number of aromatic carboxylic acids is 1. The van der Waals surface area contributed by atoms with Gasteiger partial charge < -0.3 is 15.2 Å². The number of halogens is 2. The van der Waals surface area contributed by atoms with Gasteiger partial charge in [0.1, 0.15) is 10.6 Å². The highest BCUT2D eigenvalue weighted by Crippen LogP contribution is 2.36. The molecule has 0 bridgehead atoms. The van der Waals surface area contributed by atoms with Gasteiger partial charge in [0, 0.05) is 15.1 Å². The van der Waals surface area contributed by atoms with Crippen LogP contribution in [0.5, 0.6) is 5.75 Å². The van der Waals surface area contributed by atoms with Crippen molar-refractivity contribution in [2.45, 2.75) is 0 Å². The zero-order valence-corrected chi connectivity index (χ0v) is 17.4. The van der Waals surface area contributed by atoms with Gasteiger partial charge >= 0.3 is 5.97 Å². The van der Waals surface area contributed by atoms with Gasteiger partial charge in [-0.2, -0.15) is 0 Å². The first-order valence-corrected chi connectivity index (χ1v) is 9.69. The molecule has 0 fully saturated rings. The summed E-state index contributed by atoms with van der Waals surface area (Å²) < 4.78 is 5.96. The van der Waals surface area contributed by atoms with E-state index in [-0.39, 0.29) is 15.6 Å². The predicted octanol–water partition coefficient (Wildman–Crippen LogP) is 5.04. The minimum Gasteiger partial charge on any atom is -0.495 e. The van der Waals surface area contributed by atoms with E-state index in [1.165, 1.54) is 36.6 Å².